The highest BCUT2D eigenvalue weighted by atomic mass is 16.2. The van der Waals surface area contributed by atoms with Crippen LogP contribution in [0.4, 0.5) is 0 Å². The highest BCUT2D eigenvalue weighted by molar-refractivity contribution is 5.96. The zero-order chi connectivity index (χ0) is 17.5. The molecule has 2 rings (SSSR count). The van der Waals surface area contributed by atoms with Crippen LogP contribution >= 0.6 is 0 Å². The second-order valence-electron chi connectivity index (χ2n) is 6.82. The molecule has 0 bridgehead atoms. The van der Waals surface area contributed by atoms with E-state index in [1.54, 1.807) is 11.0 Å². The fourth-order valence-corrected chi connectivity index (χ4v) is 3.20. The normalized spacial score (nSPS) is 20.5. The molecule has 3 N–H and O–H groups in total. The number of aryl methyl sites for hydroxylation is 2. The number of carbonyl (C=O) groups is 2. The van der Waals surface area contributed by atoms with Gasteiger partial charge in [-0.3, -0.25) is 9.59 Å². The summed E-state index contributed by atoms with van der Waals surface area (Å²) in [5.41, 5.74) is 2.83. The molecule has 1 saturated heterocycles. The van der Waals surface area contributed by atoms with Gasteiger partial charge in [0.15, 0.2) is 0 Å². The van der Waals surface area contributed by atoms with E-state index in [1.165, 1.54) is 13.0 Å². The van der Waals surface area contributed by atoms with E-state index < -0.39 is 0 Å². The molecule has 0 radical (unpaired) electrons. The molecule has 0 atom stereocenters. The maximum atomic E-state index is 12.1. The number of benzene rings is 1. The van der Waals surface area contributed by atoms with Gasteiger partial charge in [0.1, 0.15) is 0 Å². The van der Waals surface area contributed by atoms with E-state index in [2.05, 4.69) is 17.6 Å². The van der Waals surface area contributed by atoms with Crippen LogP contribution in [0.2, 0.25) is 0 Å². The number of amides is 2. The zero-order valence-electron chi connectivity index (χ0n) is 15.1. The zero-order valence-corrected chi connectivity index (χ0v) is 15.1. The minimum absolute atomic E-state index is 0.0355. The Kier molecular flexibility index (Phi) is 6.79. The maximum Gasteiger partial charge on any atom is 0.251 e. The molecule has 1 aromatic rings. The smallest absolute Gasteiger partial charge is 0.251 e. The lowest BCUT2D eigenvalue weighted by Gasteiger charge is -2.29. The van der Waals surface area contributed by atoms with E-state index in [4.69, 9.17) is 0 Å². The molecule has 5 nitrogen and oxygen atoms in total. The minimum atomic E-state index is -0.199. The number of hydrogen-bond acceptors (Lipinski definition) is 2. The average Bonchev–Trinajstić information content (AvgIpc) is 2.57. The van der Waals surface area contributed by atoms with E-state index in [9.17, 15) is 9.59 Å². The van der Waals surface area contributed by atoms with E-state index in [0.717, 1.165) is 37.1 Å². The SMILES string of the molecule is CCC[NH+]1CCC(NC(=O)CNC(=O)c2ccc(C)c(C)c2)CC1. The third kappa shape index (κ3) is 5.34. The predicted octanol–water partition coefficient (Wildman–Crippen LogP) is 0.607. The summed E-state index contributed by atoms with van der Waals surface area (Å²) >= 11 is 0. The molecular weight excluding hydrogens is 302 g/mol. The molecule has 0 spiro atoms. The van der Waals surface area contributed by atoms with Gasteiger partial charge in [0.05, 0.1) is 26.2 Å². The average molecular weight is 332 g/mol. The fraction of sp³-hybridized carbons (Fsp3) is 0.579. The van der Waals surface area contributed by atoms with Gasteiger partial charge in [-0.05, 0) is 43.5 Å². The summed E-state index contributed by atoms with van der Waals surface area (Å²) in [7, 11) is 0. The Morgan fingerprint density at radius 3 is 2.50 bits per heavy atom. The Bertz CT molecular complexity index is 578. The molecule has 1 aliphatic heterocycles. The Labute approximate surface area is 144 Å². The summed E-state index contributed by atoms with van der Waals surface area (Å²) in [6, 6.07) is 5.82. The quantitative estimate of drug-likeness (QED) is 0.715. The highest BCUT2D eigenvalue weighted by Crippen LogP contribution is 2.09. The van der Waals surface area contributed by atoms with Gasteiger partial charge in [-0.15, -0.1) is 0 Å². The summed E-state index contributed by atoms with van der Waals surface area (Å²) < 4.78 is 0. The third-order valence-electron chi connectivity index (χ3n) is 4.84. The molecule has 5 heteroatoms. The first-order valence-corrected chi connectivity index (χ1v) is 8.98. The first-order chi connectivity index (χ1) is 11.5. The molecule has 1 fully saturated rings. The van der Waals surface area contributed by atoms with Crippen molar-refractivity contribution in [2.24, 2.45) is 0 Å². The second-order valence-corrected chi connectivity index (χ2v) is 6.82. The maximum absolute atomic E-state index is 12.1. The van der Waals surface area contributed by atoms with Crippen LogP contribution in [0.5, 0.6) is 0 Å². The minimum Gasteiger partial charge on any atom is -0.351 e. The van der Waals surface area contributed by atoms with Gasteiger partial charge < -0.3 is 15.5 Å². The van der Waals surface area contributed by atoms with Gasteiger partial charge in [0.25, 0.3) is 5.91 Å². The van der Waals surface area contributed by atoms with Gasteiger partial charge in [-0.2, -0.15) is 0 Å². The van der Waals surface area contributed by atoms with Crippen molar-refractivity contribution in [1.29, 1.82) is 0 Å². The monoisotopic (exact) mass is 332 g/mol. The van der Waals surface area contributed by atoms with E-state index in [0.29, 0.717) is 5.56 Å². The molecule has 132 valence electrons. The molecule has 0 aliphatic carbocycles. The third-order valence-corrected chi connectivity index (χ3v) is 4.84. The standard InChI is InChI=1S/C19H29N3O2/c1-4-9-22-10-7-17(8-11-22)21-18(23)13-20-19(24)16-6-5-14(2)15(3)12-16/h5-6,12,17H,4,7-11,13H2,1-3H3,(H,20,24)(H,21,23)/p+1. The van der Waals surface area contributed by atoms with Gasteiger partial charge in [-0.25, -0.2) is 0 Å². The largest absolute Gasteiger partial charge is 0.351 e. The Morgan fingerprint density at radius 2 is 1.88 bits per heavy atom. The van der Waals surface area contributed by atoms with Crippen LogP contribution in [0.3, 0.4) is 0 Å². The molecule has 1 aromatic carbocycles. The molecule has 0 saturated carbocycles. The lowest BCUT2D eigenvalue weighted by molar-refractivity contribution is -0.905. The molecule has 0 unspecified atom stereocenters. The number of carbonyl (C=O) groups excluding carboxylic acids is 2. The lowest BCUT2D eigenvalue weighted by Crippen LogP contribution is -3.13. The van der Waals surface area contributed by atoms with Crippen LogP contribution in [0.15, 0.2) is 18.2 Å². The van der Waals surface area contributed by atoms with Gasteiger partial charge in [0.2, 0.25) is 5.91 Å². The van der Waals surface area contributed by atoms with Crippen molar-refractivity contribution >= 4 is 11.8 Å². The first-order valence-electron chi connectivity index (χ1n) is 8.98. The van der Waals surface area contributed by atoms with Crippen molar-refractivity contribution in [2.75, 3.05) is 26.2 Å². The molecule has 24 heavy (non-hydrogen) atoms. The molecule has 1 aliphatic rings. The van der Waals surface area contributed by atoms with Crippen LogP contribution < -0.4 is 15.5 Å². The number of nitrogens with one attached hydrogen (secondary N) is 3. The summed E-state index contributed by atoms with van der Waals surface area (Å²) in [6.07, 6.45) is 3.25. The molecule has 1 heterocycles. The van der Waals surface area contributed by atoms with Gasteiger partial charge >= 0.3 is 0 Å². The molecule has 2 amide bonds. The van der Waals surface area contributed by atoms with Crippen LogP contribution in [0, 0.1) is 13.8 Å². The molecular formula is C19H30N3O2+. The lowest BCUT2D eigenvalue weighted by atomic mass is 10.0. The Hall–Kier alpha value is -1.88. The predicted molar refractivity (Wildman–Crippen MR) is 95.3 cm³/mol. The van der Waals surface area contributed by atoms with Crippen LogP contribution in [0.1, 0.15) is 47.7 Å². The van der Waals surface area contributed by atoms with Crippen LogP contribution in [0.25, 0.3) is 0 Å². The summed E-state index contributed by atoms with van der Waals surface area (Å²) in [5.74, 6) is -0.299. The van der Waals surface area contributed by atoms with Crippen LogP contribution in [-0.4, -0.2) is 44.0 Å². The van der Waals surface area contributed by atoms with Gasteiger partial charge in [-0.1, -0.05) is 13.0 Å². The Balaban J connectivity index is 1.73. The number of quaternary nitrogens is 1. The van der Waals surface area contributed by atoms with E-state index in [1.807, 2.05) is 26.0 Å². The van der Waals surface area contributed by atoms with Crippen molar-refractivity contribution in [3.63, 3.8) is 0 Å². The number of rotatable bonds is 6. The fourth-order valence-electron chi connectivity index (χ4n) is 3.20. The summed E-state index contributed by atoms with van der Waals surface area (Å²) in [4.78, 5) is 25.8. The molecule has 0 aromatic heterocycles. The number of hydrogen-bond donors (Lipinski definition) is 3. The summed E-state index contributed by atoms with van der Waals surface area (Å²) in [6.45, 7) is 9.69. The van der Waals surface area contributed by atoms with Crippen LogP contribution in [-0.2, 0) is 4.79 Å². The summed E-state index contributed by atoms with van der Waals surface area (Å²) in [5, 5.41) is 5.75. The van der Waals surface area contributed by atoms with Gasteiger partial charge in [0, 0.05) is 24.4 Å². The second kappa shape index (κ2) is 8.83. The van der Waals surface area contributed by atoms with Crippen molar-refractivity contribution in [3.05, 3.63) is 34.9 Å². The van der Waals surface area contributed by atoms with Crippen molar-refractivity contribution in [3.8, 4) is 0 Å². The van der Waals surface area contributed by atoms with E-state index >= 15 is 0 Å². The highest BCUT2D eigenvalue weighted by Gasteiger charge is 2.22. The van der Waals surface area contributed by atoms with Crippen molar-refractivity contribution in [1.82, 2.24) is 10.6 Å². The Morgan fingerprint density at radius 1 is 1.17 bits per heavy atom. The number of piperidine rings is 1. The van der Waals surface area contributed by atoms with Crippen molar-refractivity contribution < 1.29 is 14.5 Å². The first kappa shape index (κ1) is 18.5. The van der Waals surface area contributed by atoms with E-state index in [-0.39, 0.29) is 24.4 Å². The topological polar surface area (TPSA) is 62.6 Å². The number of likely N-dealkylation sites (tertiary alicyclic amines) is 1. The van der Waals surface area contributed by atoms with Crippen molar-refractivity contribution in [2.45, 2.75) is 46.1 Å².